The van der Waals surface area contributed by atoms with Crippen LogP contribution in [0.15, 0.2) is 28.8 Å². The number of ether oxygens (including phenoxy) is 1. The number of aryl methyl sites for hydroxylation is 3. The molecule has 1 amide bonds. The molecular formula is C25H33N5O5. The first-order valence-corrected chi connectivity index (χ1v) is 11.6. The molecule has 188 valence electrons. The maximum Gasteiger partial charge on any atom is 0.258 e. The van der Waals surface area contributed by atoms with Crippen molar-refractivity contribution < 1.29 is 24.3 Å². The van der Waals surface area contributed by atoms with Crippen LogP contribution in [-0.4, -0.2) is 63.7 Å². The quantitative estimate of drug-likeness (QED) is 0.374. The second kappa shape index (κ2) is 11.3. The third-order valence-electron chi connectivity index (χ3n) is 5.71. The summed E-state index contributed by atoms with van der Waals surface area (Å²) < 4.78 is 11.4. The molecule has 0 radical (unpaired) electrons. The molecule has 35 heavy (non-hydrogen) atoms. The molecule has 0 bridgehead atoms. The minimum Gasteiger partial charge on any atom is -0.490 e. The van der Waals surface area contributed by atoms with Crippen molar-refractivity contribution in [2.24, 2.45) is 5.73 Å². The Morgan fingerprint density at radius 1 is 1.14 bits per heavy atom. The number of anilines is 1. The lowest BCUT2D eigenvalue weighted by molar-refractivity contribution is -0.127. The van der Waals surface area contributed by atoms with Gasteiger partial charge in [-0.25, -0.2) is 4.98 Å². The van der Waals surface area contributed by atoms with Crippen LogP contribution in [0, 0.1) is 13.8 Å². The van der Waals surface area contributed by atoms with E-state index in [1.807, 2.05) is 57.0 Å². The van der Waals surface area contributed by atoms with Gasteiger partial charge in [-0.1, -0.05) is 12.1 Å². The van der Waals surface area contributed by atoms with Crippen molar-refractivity contribution in [2.45, 2.75) is 52.7 Å². The maximum atomic E-state index is 11.0. The minimum atomic E-state index is -1.42. The number of primary amides is 1. The van der Waals surface area contributed by atoms with E-state index >= 15 is 0 Å². The van der Waals surface area contributed by atoms with Gasteiger partial charge in [0.25, 0.3) is 5.89 Å². The van der Waals surface area contributed by atoms with E-state index in [1.165, 1.54) is 0 Å². The van der Waals surface area contributed by atoms with Crippen LogP contribution in [0.1, 0.15) is 37.1 Å². The summed E-state index contributed by atoms with van der Waals surface area (Å²) in [6.07, 6.45) is -1.98. The van der Waals surface area contributed by atoms with Gasteiger partial charge in [-0.2, -0.15) is 4.98 Å². The number of benzene rings is 1. The molecule has 3 rings (SSSR count). The van der Waals surface area contributed by atoms with Crippen molar-refractivity contribution in [2.75, 3.05) is 25.1 Å². The second-order valence-corrected chi connectivity index (χ2v) is 8.55. The zero-order valence-electron chi connectivity index (χ0n) is 20.8. The standard InChI is InChI=1S/C25H33N5O5/c1-6-16-10-18(8-14(3)22(16)34-13-19(31)12-20(32)23(26)33)25-28-24(29-35-25)17-9-15(4)27-21(11-17)30(5)7-2/h8-11,19-20,31-32H,6-7,12-13H2,1-5H3,(H2,26,33)/t19-,20?/m0/s1. The summed E-state index contributed by atoms with van der Waals surface area (Å²) in [5.74, 6) is 1.44. The summed E-state index contributed by atoms with van der Waals surface area (Å²) in [5.41, 5.74) is 9.20. The topological polar surface area (TPSA) is 148 Å². The molecule has 1 unspecified atom stereocenters. The number of carbonyl (C=O) groups is 1. The zero-order chi connectivity index (χ0) is 25.7. The first kappa shape index (κ1) is 26.1. The predicted octanol–water partition coefficient (Wildman–Crippen LogP) is 2.41. The van der Waals surface area contributed by atoms with Crippen LogP contribution in [0.3, 0.4) is 0 Å². The number of carbonyl (C=O) groups excluding carboxylic acids is 1. The number of hydrogen-bond acceptors (Lipinski definition) is 9. The molecule has 0 spiro atoms. The third-order valence-corrected chi connectivity index (χ3v) is 5.71. The maximum absolute atomic E-state index is 11.0. The van der Waals surface area contributed by atoms with E-state index in [2.05, 4.69) is 22.0 Å². The van der Waals surface area contributed by atoms with Gasteiger partial charge in [-0.05, 0) is 62.6 Å². The number of rotatable bonds is 11. The second-order valence-electron chi connectivity index (χ2n) is 8.55. The lowest BCUT2D eigenvalue weighted by Gasteiger charge is -2.18. The first-order valence-electron chi connectivity index (χ1n) is 11.6. The highest BCUT2D eigenvalue weighted by molar-refractivity contribution is 5.78. The van der Waals surface area contributed by atoms with E-state index in [9.17, 15) is 15.0 Å². The van der Waals surface area contributed by atoms with Crippen molar-refractivity contribution in [1.29, 1.82) is 0 Å². The lowest BCUT2D eigenvalue weighted by Crippen LogP contribution is -2.33. The van der Waals surface area contributed by atoms with Crippen LogP contribution < -0.4 is 15.4 Å². The van der Waals surface area contributed by atoms with E-state index < -0.39 is 18.1 Å². The van der Waals surface area contributed by atoms with Gasteiger partial charge in [0.15, 0.2) is 0 Å². The molecule has 2 heterocycles. The Bertz CT molecular complexity index is 1180. The SMILES string of the molecule is CCc1cc(-c2nc(-c3cc(C)nc(N(C)CC)c3)no2)cc(C)c1OC[C@@H](O)CC(O)C(N)=O. The molecule has 0 aliphatic carbocycles. The molecule has 2 aromatic heterocycles. The van der Waals surface area contributed by atoms with Crippen LogP contribution >= 0.6 is 0 Å². The average molecular weight is 484 g/mol. The van der Waals surface area contributed by atoms with Gasteiger partial charge in [0.2, 0.25) is 11.7 Å². The summed E-state index contributed by atoms with van der Waals surface area (Å²) in [6.45, 7) is 8.60. The molecule has 10 nitrogen and oxygen atoms in total. The molecule has 0 fully saturated rings. The fourth-order valence-corrected chi connectivity index (χ4v) is 3.66. The number of nitrogens with zero attached hydrogens (tertiary/aromatic N) is 4. The number of aliphatic hydroxyl groups is 2. The van der Waals surface area contributed by atoms with Crippen LogP contribution in [0.5, 0.6) is 5.75 Å². The highest BCUT2D eigenvalue weighted by Crippen LogP contribution is 2.32. The molecule has 1 aromatic carbocycles. The molecule has 0 saturated carbocycles. The van der Waals surface area contributed by atoms with Crippen molar-refractivity contribution >= 4 is 11.7 Å². The van der Waals surface area contributed by atoms with Gasteiger partial charge in [-0.15, -0.1) is 0 Å². The molecule has 0 aliphatic heterocycles. The van der Waals surface area contributed by atoms with Crippen LogP contribution in [0.25, 0.3) is 22.8 Å². The Hall–Kier alpha value is -3.50. The smallest absolute Gasteiger partial charge is 0.258 e. The number of aromatic nitrogens is 3. The summed E-state index contributed by atoms with van der Waals surface area (Å²) in [7, 11) is 1.98. The Labute approximate surface area is 204 Å². The largest absolute Gasteiger partial charge is 0.490 e. The van der Waals surface area contributed by atoms with Gasteiger partial charge in [0.05, 0.1) is 6.10 Å². The molecule has 3 aromatic rings. The molecule has 0 saturated heterocycles. The molecular weight excluding hydrogens is 450 g/mol. The number of aliphatic hydroxyl groups excluding tert-OH is 2. The van der Waals surface area contributed by atoms with Crippen molar-refractivity contribution in [1.82, 2.24) is 15.1 Å². The van der Waals surface area contributed by atoms with Gasteiger partial charge in [-0.3, -0.25) is 4.79 Å². The van der Waals surface area contributed by atoms with Crippen molar-refractivity contribution in [3.05, 3.63) is 41.1 Å². The highest BCUT2D eigenvalue weighted by Gasteiger charge is 2.20. The highest BCUT2D eigenvalue weighted by atomic mass is 16.5. The average Bonchev–Trinajstić information content (AvgIpc) is 3.32. The van der Waals surface area contributed by atoms with Crippen molar-refractivity contribution in [3.8, 4) is 28.6 Å². The monoisotopic (exact) mass is 483 g/mol. The fraction of sp³-hybridized carbons (Fsp3) is 0.440. The molecule has 2 atom stereocenters. The Balaban J connectivity index is 1.83. The number of hydrogen-bond donors (Lipinski definition) is 3. The van der Waals surface area contributed by atoms with E-state index in [0.717, 1.165) is 40.3 Å². The van der Waals surface area contributed by atoms with Crippen molar-refractivity contribution in [3.63, 3.8) is 0 Å². The van der Waals surface area contributed by atoms with Crippen LogP contribution in [0.2, 0.25) is 0 Å². The van der Waals surface area contributed by atoms with Gasteiger partial charge in [0.1, 0.15) is 24.3 Å². The fourth-order valence-electron chi connectivity index (χ4n) is 3.66. The van der Waals surface area contributed by atoms with E-state index in [0.29, 0.717) is 23.9 Å². The first-order chi connectivity index (χ1) is 16.6. The Morgan fingerprint density at radius 3 is 2.54 bits per heavy atom. The summed E-state index contributed by atoms with van der Waals surface area (Å²) in [5, 5.41) is 23.8. The molecule has 4 N–H and O–H groups in total. The van der Waals surface area contributed by atoms with E-state index in [4.69, 9.17) is 15.0 Å². The van der Waals surface area contributed by atoms with Crippen LogP contribution in [-0.2, 0) is 11.2 Å². The van der Waals surface area contributed by atoms with Gasteiger partial charge in [0, 0.05) is 36.8 Å². The summed E-state index contributed by atoms with van der Waals surface area (Å²) in [4.78, 5) is 22.2. The van der Waals surface area contributed by atoms with Gasteiger partial charge < -0.3 is 30.1 Å². The summed E-state index contributed by atoms with van der Waals surface area (Å²) >= 11 is 0. The molecule has 0 aliphatic rings. The van der Waals surface area contributed by atoms with E-state index in [1.54, 1.807) is 0 Å². The summed E-state index contributed by atoms with van der Waals surface area (Å²) in [6, 6.07) is 7.65. The lowest BCUT2D eigenvalue weighted by atomic mass is 10.0. The number of pyridine rings is 1. The number of nitrogens with two attached hydrogens (primary N) is 1. The zero-order valence-corrected chi connectivity index (χ0v) is 20.8. The predicted molar refractivity (Wildman–Crippen MR) is 132 cm³/mol. The Morgan fingerprint density at radius 2 is 1.89 bits per heavy atom. The normalized spacial score (nSPS) is 12.9. The molecule has 10 heteroatoms. The van der Waals surface area contributed by atoms with Crippen LogP contribution in [0.4, 0.5) is 5.82 Å². The number of amides is 1. The van der Waals surface area contributed by atoms with Gasteiger partial charge >= 0.3 is 0 Å². The third kappa shape index (κ3) is 6.34. The Kier molecular flexibility index (Phi) is 8.42. The minimum absolute atomic E-state index is 0.0852. The van der Waals surface area contributed by atoms with E-state index in [-0.39, 0.29) is 13.0 Å².